The van der Waals surface area contributed by atoms with E-state index in [9.17, 15) is 14.4 Å². The van der Waals surface area contributed by atoms with Crippen LogP contribution in [0.5, 0.6) is 5.75 Å². The number of amides is 2. The van der Waals surface area contributed by atoms with Gasteiger partial charge < -0.3 is 19.7 Å². The van der Waals surface area contributed by atoms with Crippen molar-refractivity contribution in [3.8, 4) is 5.75 Å². The summed E-state index contributed by atoms with van der Waals surface area (Å²) in [6.45, 7) is 6.05. The first-order chi connectivity index (χ1) is 16.7. The third-order valence-electron chi connectivity index (χ3n) is 6.76. The topological polar surface area (TPSA) is 103 Å². The van der Waals surface area contributed by atoms with Gasteiger partial charge in [0.05, 0.1) is 19.8 Å². The first kappa shape index (κ1) is 24.8. The lowest BCUT2D eigenvalue weighted by atomic mass is 9.91. The normalized spacial score (nSPS) is 20.5. The molecule has 2 heterocycles. The van der Waals surface area contributed by atoms with Gasteiger partial charge in [-0.3, -0.25) is 14.3 Å². The van der Waals surface area contributed by atoms with Crippen LogP contribution in [0.4, 0.5) is 0 Å². The molecule has 9 nitrogen and oxygen atoms in total. The Morgan fingerprint density at radius 1 is 1.17 bits per heavy atom. The van der Waals surface area contributed by atoms with Crippen LogP contribution in [0.1, 0.15) is 79.4 Å². The first-order valence-corrected chi connectivity index (χ1v) is 12.3. The van der Waals surface area contributed by atoms with Crippen LogP contribution in [-0.4, -0.2) is 57.3 Å². The molecule has 1 N–H and O–H groups in total. The number of carbonyl (C=O) groups excluding carboxylic acids is 3. The van der Waals surface area contributed by atoms with E-state index in [2.05, 4.69) is 10.4 Å². The van der Waals surface area contributed by atoms with Crippen molar-refractivity contribution in [1.29, 1.82) is 0 Å². The highest BCUT2D eigenvalue weighted by Crippen LogP contribution is 2.31. The van der Waals surface area contributed by atoms with Gasteiger partial charge >= 0.3 is 5.97 Å². The summed E-state index contributed by atoms with van der Waals surface area (Å²) >= 11 is 0. The number of rotatable bonds is 7. The Kier molecular flexibility index (Phi) is 7.14. The first-order valence-electron chi connectivity index (χ1n) is 12.3. The van der Waals surface area contributed by atoms with Gasteiger partial charge in [-0.05, 0) is 51.3 Å². The highest BCUT2D eigenvalue weighted by atomic mass is 16.5. The van der Waals surface area contributed by atoms with Gasteiger partial charge in [-0.15, -0.1) is 0 Å². The van der Waals surface area contributed by atoms with E-state index in [0.29, 0.717) is 0 Å². The molecule has 2 aromatic rings. The molecule has 1 atom stereocenters. The summed E-state index contributed by atoms with van der Waals surface area (Å²) < 4.78 is 12.0. The molecule has 1 aliphatic carbocycles. The maximum absolute atomic E-state index is 13.7. The molecule has 0 saturated heterocycles. The minimum absolute atomic E-state index is 0.0444. The Morgan fingerprint density at radius 3 is 2.49 bits per heavy atom. The average Bonchev–Trinajstić information content (AvgIpc) is 3.26. The van der Waals surface area contributed by atoms with Crippen molar-refractivity contribution in [3.63, 3.8) is 0 Å². The Balaban J connectivity index is 1.65. The minimum atomic E-state index is -1.19. The molecule has 4 rings (SSSR count). The Hall–Kier alpha value is -3.36. The van der Waals surface area contributed by atoms with Crippen molar-refractivity contribution in [2.45, 2.75) is 83.6 Å². The molecule has 0 bridgehead atoms. The molecule has 1 saturated carbocycles. The van der Waals surface area contributed by atoms with Crippen LogP contribution in [-0.2, 0) is 22.6 Å². The van der Waals surface area contributed by atoms with Gasteiger partial charge in [-0.1, -0.05) is 31.4 Å². The quantitative estimate of drug-likeness (QED) is 0.608. The summed E-state index contributed by atoms with van der Waals surface area (Å²) in [6, 6.07) is 9.06. The number of esters is 1. The molecule has 0 radical (unpaired) electrons. The van der Waals surface area contributed by atoms with E-state index in [0.717, 1.165) is 37.0 Å². The predicted molar refractivity (Wildman–Crippen MR) is 129 cm³/mol. The standard InChI is InChI=1S/C26H34N4O5/c1-17(2)35-20-12-10-18(11-13-20)15-29-23(31)22-14-21(24(32)34-4)28-30(22)16-26(29,3)25(33)27-19-8-6-5-7-9-19/h10-14,17,19H,5-9,15-16H2,1-4H3,(H,27,33)/t26-/m0/s1. The molecule has 0 spiro atoms. The fraction of sp³-hybridized carbons (Fsp3) is 0.538. The lowest BCUT2D eigenvalue weighted by molar-refractivity contribution is -0.134. The summed E-state index contributed by atoms with van der Waals surface area (Å²) in [5.74, 6) is -0.450. The molecule has 35 heavy (non-hydrogen) atoms. The molecule has 1 aliphatic heterocycles. The second-order valence-corrected chi connectivity index (χ2v) is 9.85. The molecule has 2 aliphatic rings. The van der Waals surface area contributed by atoms with Gasteiger partial charge in [0.15, 0.2) is 5.69 Å². The summed E-state index contributed by atoms with van der Waals surface area (Å²) in [5, 5.41) is 7.46. The second kappa shape index (κ2) is 10.1. The summed E-state index contributed by atoms with van der Waals surface area (Å²) in [7, 11) is 1.27. The third kappa shape index (κ3) is 5.18. The number of carbonyl (C=O) groups is 3. The number of methoxy groups -OCH3 is 1. The lowest BCUT2D eigenvalue weighted by Crippen LogP contribution is -2.64. The molecule has 1 aromatic carbocycles. The zero-order valence-corrected chi connectivity index (χ0v) is 20.9. The maximum Gasteiger partial charge on any atom is 0.358 e. The van der Waals surface area contributed by atoms with E-state index in [4.69, 9.17) is 9.47 Å². The number of hydrogen-bond donors (Lipinski definition) is 1. The van der Waals surface area contributed by atoms with Gasteiger partial charge in [0.1, 0.15) is 17.0 Å². The molecule has 2 amide bonds. The van der Waals surface area contributed by atoms with E-state index in [1.165, 1.54) is 24.3 Å². The third-order valence-corrected chi connectivity index (χ3v) is 6.76. The largest absolute Gasteiger partial charge is 0.491 e. The highest BCUT2D eigenvalue weighted by molar-refractivity contribution is 6.01. The lowest BCUT2D eigenvalue weighted by Gasteiger charge is -2.44. The number of ether oxygens (including phenoxy) is 2. The monoisotopic (exact) mass is 482 g/mol. The van der Waals surface area contributed by atoms with Gasteiger partial charge in [0.25, 0.3) is 5.91 Å². The van der Waals surface area contributed by atoms with E-state index in [-0.39, 0.29) is 48.4 Å². The van der Waals surface area contributed by atoms with E-state index < -0.39 is 11.5 Å². The zero-order chi connectivity index (χ0) is 25.2. The fourth-order valence-electron chi connectivity index (χ4n) is 4.81. The molecule has 9 heteroatoms. The summed E-state index contributed by atoms with van der Waals surface area (Å²) in [4.78, 5) is 41.0. The van der Waals surface area contributed by atoms with Gasteiger partial charge in [0, 0.05) is 18.7 Å². The molecule has 188 valence electrons. The Labute approximate surface area is 205 Å². The van der Waals surface area contributed by atoms with Crippen LogP contribution in [0.3, 0.4) is 0 Å². The van der Waals surface area contributed by atoms with Gasteiger partial charge in [0.2, 0.25) is 5.91 Å². The van der Waals surface area contributed by atoms with E-state index in [1.54, 1.807) is 11.8 Å². The van der Waals surface area contributed by atoms with Crippen molar-refractivity contribution in [3.05, 3.63) is 47.3 Å². The molecular formula is C26H34N4O5. The summed E-state index contributed by atoms with van der Waals surface area (Å²) in [5.41, 5.74) is -0.0167. The van der Waals surface area contributed by atoms with Gasteiger partial charge in [-0.2, -0.15) is 5.10 Å². The SMILES string of the molecule is COC(=O)c1cc2n(n1)C[C@@](C)(C(=O)NC1CCCCC1)N(Cc1ccc(OC(C)C)cc1)C2=O. The van der Waals surface area contributed by atoms with Crippen LogP contribution in [0.2, 0.25) is 0 Å². The maximum atomic E-state index is 13.7. The van der Waals surface area contributed by atoms with Crippen molar-refractivity contribution >= 4 is 17.8 Å². The number of nitrogens with zero attached hydrogens (tertiary/aromatic N) is 3. The van der Waals surface area contributed by atoms with Gasteiger partial charge in [-0.25, -0.2) is 4.79 Å². The number of aromatic nitrogens is 2. The highest BCUT2D eigenvalue weighted by Gasteiger charge is 2.48. The molecular weight excluding hydrogens is 448 g/mol. The molecule has 1 fully saturated rings. The number of fused-ring (bicyclic) bond motifs is 1. The zero-order valence-electron chi connectivity index (χ0n) is 20.9. The van der Waals surface area contributed by atoms with E-state index >= 15 is 0 Å². The number of nitrogens with one attached hydrogen (secondary N) is 1. The van der Waals surface area contributed by atoms with Crippen LogP contribution < -0.4 is 10.1 Å². The van der Waals surface area contributed by atoms with Crippen molar-refractivity contribution in [2.24, 2.45) is 0 Å². The van der Waals surface area contributed by atoms with Crippen molar-refractivity contribution < 1.29 is 23.9 Å². The minimum Gasteiger partial charge on any atom is -0.491 e. The van der Waals surface area contributed by atoms with Crippen LogP contribution in [0.15, 0.2) is 30.3 Å². The number of hydrogen-bond acceptors (Lipinski definition) is 6. The molecule has 1 aromatic heterocycles. The predicted octanol–water partition coefficient (Wildman–Crippen LogP) is 3.32. The van der Waals surface area contributed by atoms with Crippen molar-refractivity contribution in [1.82, 2.24) is 20.0 Å². The van der Waals surface area contributed by atoms with Crippen molar-refractivity contribution in [2.75, 3.05) is 7.11 Å². The van der Waals surface area contributed by atoms with Crippen LogP contribution in [0, 0.1) is 0 Å². The Bertz CT molecular complexity index is 1090. The smallest absolute Gasteiger partial charge is 0.358 e. The average molecular weight is 483 g/mol. The second-order valence-electron chi connectivity index (χ2n) is 9.85. The molecule has 0 unspecified atom stereocenters. The van der Waals surface area contributed by atoms with E-state index in [1.807, 2.05) is 38.1 Å². The fourth-order valence-corrected chi connectivity index (χ4v) is 4.81. The van der Waals surface area contributed by atoms with Crippen LogP contribution in [0.25, 0.3) is 0 Å². The Morgan fingerprint density at radius 2 is 1.86 bits per heavy atom. The summed E-state index contributed by atoms with van der Waals surface area (Å²) in [6.07, 6.45) is 5.28. The van der Waals surface area contributed by atoms with Crippen LogP contribution >= 0.6 is 0 Å². The number of benzene rings is 1.